The summed E-state index contributed by atoms with van der Waals surface area (Å²) in [6.45, 7) is -1.18. The summed E-state index contributed by atoms with van der Waals surface area (Å²) in [5, 5.41) is 66.3. The van der Waals surface area contributed by atoms with Gasteiger partial charge in [-0.05, 0) is 0 Å². The number of aliphatic hydroxyl groups excluding tert-OH is 7. The lowest BCUT2D eigenvalue weighted by molar-refractivity contribution is -0.318. The highest BCUT2D eigenvalue weighted by atomic mass is 16.7. The van der Waals surface area contributed by atoms with Crippen LogP contribution in [0.25, 0.3) is 0 Å². The molecule has 2 saturated heterocycles. The van der Waals surface area contributed by atoms with Gasteiger partial charge in [0, 0.05) is 0 Å². The predicted octanol–water partition coefficient (Wildman–Crippen LogP) is -4.76. The molecule has 0 radical (unpaired) electrons. The minimum absolute atomic E-state index is 0.559. The highest BCUT2D eigenvalue weighted by Gasteiger charge is 2.49. The van der Waals surface area contributed by atoms with Crippen molar-refractivity contribution in [2.24, 2.45) is 0 Å². The van der Waals surface area contributed by atoms with Gasteiger partial charge in [0.2, 0.25) is 0 Å². The van der Waals surface area contributed by atoms with Crippen LogP contribution in [0.4, 0.5) is 0 Å². The first-order valence-electron chi connectivity index (χ1n) is 6.49. The largest absolute Gasteiger partial charge is 0.394 e. The molecule has 0 spiro atoms. The van der Waals surface area contributed by atoms with Crippen molar-refractivity contribution in [3.63, 3.8) is 0 Å². The molecule has 0 aromatic carbocycles. The van der Waals surface area contributed by atoms with Gasteiger partial charge in [0.15, 0.2) is 12.6 Å². The van der Waals surface area contributed by atoms with Crippen LogP contribution in [0.5, 0.6) is 0 Å². The Balaban J connectivity index is 2.07. The van der Waals surface area contributed by atoms with E-state index in [9.17, 15) is 25.5 Å². The summed E-state index contributed by atoms with van der Waals surface area (Å²) in [5.41, 5.74) is 0. The Bertz CT molecular complexity index is 339. The minimum Gasteiger partial charge on any atom is -0.394 e. The number of aliphatic hydroxyl groups is 7. The van der Waals surface area contributed by atoms with Gasteiger partial charge < -0.3 is 50.0 Å². The van der Waals surface area contributed by atoms with Gasteiger partial charge in [-0.2, -0.15) is 0 Å². The second-order valence-electron chi connectivity index (χ2n) is 5.04. The van der Waals surface area contributed by atoms with E-state index in [-0.39, 0.29) is 0 Å². The monoisotopic (exact) mass is 312 g/mol. The third-order valence-electron chi connectivity index (χ3n) is 3.63. The normalized spacial score (nSPS) is 51.3. The van der Waals surface area contributed by atoms with E-state index in [1.165, 1.54) is 0 Å². The average molecular weight is 312 g/mol. The van der Waals surface area contributed by atoms with Gasteiger partial charge in [-0.1, -0.05) is 0 Å². The number of hydrogen-bond donors (Lipinski definition) is 7. The standard InChI is InChI=1S/C11H20O10/c12-1-3-5(14)6(15)7(16)11(20-3)21-9-4(2-13)19-10(18)8(9)17/h3-18H,1-2H2/t3?,4-,5+,6+,7?,8?,9+,10-,11+/m1/s1. The second kappa shape index (κ2) is 6.79. The first kappa shape index (κ1) is 17.0. The third kappa shape index (κ3) is 3.19. The number of rotatable bonds is 4. The molecule has 0 aromatic rings. The Hall–Kier alpha value is -0.400. The Morgan fingerprint density at radius 2 is 1.33 bits per heavy atom. The zero-order valence-corrected chi connectivity index (χ0v) is 11.0. The Morgan fingerprint density at radius 1 is 0.714 bits per heavy atom. The van der Waals surface area contributed by atoms with E-state index in [4.69, 9.17) is 24.4 Å². The highest BCUT2D eigenvalue weighted by molar-refractivity contribution is 4.92. The molecule has 9 atom stereocenters. The molecule has 10 heteroatoms. The molecule has 21 heavy (non-hydrogen) atoms. The molecule has 2 aliphatic heterocycles. The molecule has 2 heterocycles. The van der Waals surface area contributed by atoms with Crippen LogP contribution in [0.3, 0.4) is 0 Å². The lowest BCUT2D eigenvalue weighted by Gasteiger charge is -2.41. The van der Waals surface area contributed by atoms with E-state index >= 15 is 0 Å². The molecular weight excluding hydrogens is 292 g/mol. The minimum atomic E-state index is -1.65. The fourth-order valence-corrected chi connectivity index (χ4v) is 2.37. The maximum atomic E-state index is 9.80. The summed E-state index contributed by atoms with van der Waals surface area (Å²) in [5.74, 6) is 0. The lowest BCUT2D eigenvalue weighted by atomic mass is 9.99. The molecule has 0 aliphatic carbocycles. The van der Waals surface area contributed by atoms with E-state index in [0.29, 0.717) is 0 Å². The van der Waals surface area contributed by atoms with Crippen molar-refractivity contribution in [2.75, 3.05) is 13.2 Å². The molecule has 7 N–H and O–H groups in total. The van der Waals surface area contributed by atoms with Crippen molar-refractivity contribution < 1.29 is 50.0 Å². The molecule has 10 nitrogen and oxygen atoms in total. The first-order valence-corrected chi connectivity index (χ1v) is 6.49. The molecule has 2 aliphatic rings. The maximum Gasteiger partial charge on any atom is 0.187 e. The van der Waals surface area contributed by atoms with Crippen LogP contribution in [0.15, 0.2) is 0 Å². The van der Waals surface area contributed by atoms with Gasteiger partial charge in [-0.3, -0.25) is 0 Å². The van der Waals surface area contributed by atoms with Gasteiger partial charge in [-0.15, -0.1) is 0 Å². The summed E-state index contributed by atoms with van der Waals surface area (Å²) in [6, 6.07) is 0. The van der Waals surface area contributed by atoms with E-state index < -0.39 is 68.5 Å². The molecule has 0 saturated carbocycles. The van der Waals surface area contributed by atoms with Crippen molar-refractivity contribution >= 4 is 0 Å². The zero-order chi connectivity index (χ0) is 15.7. The first-order chi connectivity index (χ1) is 9.90. The molecular formula is C11H20O10. The van der Waals surface area contributed by atoms with E-state index in [1.807, 2.05) is 0 Å². The molecule has 3 unspecified atom stereocenters. The van der Waals surface area contributed by atoms with E-state index in [2.05, 4.69) is 0 Å². The fraction of sp³-hybridized carbons (Fsp3) is 1.00. The predicted molar refractivity (Wildman–Crippen MR) is 62.6 cm³/mol. The van der Waals surface area contributed by atoms with Crippen LogP contribution in [0, 0.1) is 0 Å². The van der Waals surface area contributed by atoms with Gasteiger partial charge in [0.05, 0.1) is 13.2 Å². The van der Waals surface area contributed by atoms with Crippen molar-refractivity contribution in [1.29, 1.82) is 0 Å². The van der Waals surface area contributed by atoms with Crippen molar-refractivity contribution in [3.05, 3.63) is 0 Å². The van der Waals surface area contributed by atoms with Crippen LogP contribution in [-0.2, 0) is 14.2 Å². The summed E-state index contributed by atoms with van der Waals surface area (Å²) < 4.78 is 15.2. The van der Waals surface area contributed by atoms with Gasteiger partial charge in [0.25, 0.3) is 0 Å². The van der Waals surface area contributed by atoms with E-state index in [0.717, 1.165) is 0 Å². The molecule has 0 amide bonds. The summed E-state index contributed by atoms with van der Waals surface area (Å²) in [6.07, 6.45) is -12.8. The van der Waals surface area contributed by atoms with Crippen LogP contribution >= 0.6 is 0 Å². The molecule has 0 aromatic heterocycles. The number of hydrogen-bond acceptors (Lipinski definition) is 10. The molecule has 0 bridgehead atoms. The summed E-state index contributed by atoms with van der Waals surface area (Å²) >= 11 is 0. The molecule has 124 valence electrons. The van der Waals surface area contributed by atoms with Crippen LogP contribution < -0.4 is 0 Å². The van der Waals surface area contributed by atoms with Gasteiger partial charge >= 0.3 is 0 Å². The zero-order valence-electron chi connectivity index (χ0n) is 11.0. The van der Waals surface area contributed by atoms with Gasteiger partial charge in [-0.25, -0.2) is 0 Å². The Morgan fingerprint density at radius 3 is 1.90 bits per heavy atom. The smallest absolute Gasteiger partial charge is 0.187 e. The molecule has 2 rings (SSSR count). The van der Waals surface area contributed by atoms with Crippen molar-refractivity contribution in [2.45, 2.75) is 55.3 Å². The molecule has 2 fully saturated rings. The summed E-state index contributed by atoms with van der Waals surface area (Å²) in [4.78, 5) is 0. The maximum absolute atomic E-state index is 9.80. The van der Waals surface area contributed by atoms with Gasteiger partial charge in [0.1, 0.15) is 42.7 Å². The highest BCUT2D eigenvalue weighted by Crippen LogP contribution is 2.28. The lowest BCUT2D eigenvalue weighted by Crippen LogP contribution is -2.60. The SMILES string of the molecule is OCC1O[C@@H](O[C@@H]2C(O)[C@H](O)O[C@@H]2CO)C(O)[C@@H](O)[C@H]1O. The quantitative estimate of drug-likeness (QED) is 0.267. The Kier molecular flexibility index (Phi) is 5.48. The Labute approximate surface area is 119 Å². The number of ether oxygens (including phenoxy) is 3. The second-order valence-corrected chi connectivity index (χ2v) is 5.04. The third-order valence-corrected chi connectivity index (χ3v) is 3.63. The fourth-order valence-electron chi connectivity index (χ4n) is 2.37. The van der Waals surface area contributed by atoms with Crippen LogP contribution in [0.2, 0.25) is 0 Å². The van der Waals surface area contributed by atoms with Crippen molar-refractivity contribution in [3.8, 4) is 0 Å². The topological polar surface area (TPSA) is 169 Å². The van der Waals surface area contributed by atoms with Crippen LogP contribution in [0.1, 0.15) is 0 Å². The summed E-state index contributed by atoms with van der Waals surface area (Å²) in [7, 11) is 0. The average Bonchev–Trinajstić information content (AvgIpc) is 2.75. The van der Waals surface area contributed by atoms with Crippen LogP contribution in [-0.4, -0.2) is 104 Å². The van der Waals surface area contributed by atoms with Crippen molar-refractivity contribution in [1.82, 2.24) is 0 Å². The van der Waals surface area contributed by atoms with E-state index in [1.54, 1.807) is 0 Å².